The maximum atomic E-state index is 12.8. The molecule has 0 saturated carbocycles. The Morgan fingerprint density at radius 2 is 1.90 bits per heavy atom. The van der Waals surface area contributed by atoms with Crippen LogP contribution in [0.3, 0.4) is 0 Å². The first-order valence-electron chi connectivity index (χ1n) is 6.00. The van der Waals surface area contributed by atoms with Gasteiger partial charge in [-0.05, 0) is 43.3 Å². The number of rotatable bonds is 5. The van der Waals surface area contributed by atoms with Gasteiger partial charge < -0.3 is 5.32 Å². The van der Waals surface area contributed by atoms with Crippen LogP contribution in [0.2, 0.25) is 0 Å². The Kier molecular flexibility index (Phi) is 4.19. The third-order valence-corrected chi connectivity index (χ3v) is 3.91. The molecule has 1 aromatic carbocycles. The van der Waals surface area contributed by atoms with Crippen molar-refractivity contribution >= 4 is 21.5 Å². The van der Waals surface area contributed by atoms with Gasteiger partial charge >= 0.3 is 0 Å². The Morgan fingerprint density at radius 1 is 1.20 bits per heavy atom. The largest absolute Gasteiger partial charge is 0.369 e. The zero-order valence-electron chi connectivity index (χ0n) is 10.8. The molecule has 0 atom stereocenters. The van der Waals surface area contributed by atoms with E-state index in [1.807, 2.05) is 6.92 Å². The van der Waals surface area contributed by atoms with Crippen molar-refractivity contribution < 1.29 is 12.8 Å². The van der Waals surface area contributed by atoms with Gasteiger partial charge in [0.1, 0.15) is 16.5 Å². The molecule has 0 spiro atoms. The maximum Gasteiger partial charge on any atom is 0.265 e. The number of nitrogens with one attached hydrogen (secondary N) is 2. The van der Waals surface area contributed by atoms with E-state index in [-0.39, 0.29) is 16.4 Å². The quantitative estimate of drug-likeness (QED) is 0.889. The van der Waals surface area contributed by atoms with E-state index in [9.17, 15) is 12.8 Å². The predicted molar refractivity (Wildman–Crippen MR) is 75.6 cm³/mol. The van der Waals surface area contributed by atoms with Crippen molar-refractivity contribution in [1.29, 1.82) is 0 Å². The molecule has 2 N–H and O–H groups in total. The standard InChI is InChI=1S/C13H14FN3O2S/c1-2-15-13-12(4-3-9-16-13)20(18,19)17-11-7-5-10(14)6-8-11/h3-9,17H,2H2,1H3,(H,15,16). The molecule has 0 unspecified atom stereocenters. The van der Waals surface area contributed by atoms with Gasteiger partial charge in [-0.2, -0.15) is 0 Å². The number of halogens is 1. The zero-order valence-corrected chi connectivity index (χ0v) is 11.6. The first kappa shape index (κ1) is 14.3. The predicted octanol–water partition coefficient (Wildman–Crippen LogP) is 2.45. The average Bonchev–Trinajstić information content (AvgIpc) is 2.42. The van der Waals surface area contributed by atoms with Crippen molar-refractivity contribution in [1.82, 2.24) is 4.98 Å². The van der Waals surface area contributed by atoms with E-state index in [0.717, 1.165) is 0 Å². The second-order valence-electron chi connectivity index (χ2n) is 3.99. The Balaban J connectivity index is 2.33. The summed E-state index contributed by atoms with van der Waals surface area (Å²) in [5, 5.41) is 2.89. The van der Waals surface area contributed by atoms with E-state index in [1.165, 1.54) is 36.5 Å². The fraction of sp³-hybridized carbons (Fsp3) is 0.154. The van der Waals surface area contributed by atoms with Crippen LogP contribution in [-0.4, -0.2) is 19.9 Å². The summed E-state index contributed by atoms with van der Waals surface area (Å²) >= 11 is 0. The van der Waals surface area contributed by atoms with Crippen LogP contribution in [0, 0.1) is 5.82 Å². The summed E-state index contributed by atoms with van der Waals surface area (Å²) < 4.78 is 39.8. The lowest BCUT2D eigenvalue weighted by Crippen LogP contribution is -2.16. The van der Waals surface area contributed by atoms with Crippen molar-refractivity contribution in [3.63, 3.8) is 0 Å². The van der Waals surface area contributed by atoms with Crippen LogP contribution in [0.15, 0.2) is 47.5 Å². The molecule has 7 heteroatoms. The Morgan fingerprint density at radius 3 is 2.55 bits per heavy atom. The van der Waals surface area contributed by atoms with Crippen LogP contribution >= 0.6 is 0 Å². The molecule has 5 nitrogen and oxygen atoms in total. The minimum absolute atomic E-state index is 0.0474. The number of anilines is 2. The molecule has 0 aliphatic rings. The van der Waals surface area contributed by atoms with E-state index in [2.05, 4.69) is 15.0 Å². The van der Waals surface area contributed by atoms with Crippen molar-refractivity contribution in [2.75, 3.05) is 16.6 Å². The van der Waals surface area contributed by atoms with Gasteiger partial charge in [-0.3, -0.25) is 4.72 Å². The highest BCUT2D eigenvalue weighted by Crippen LogP contribution is 2.21. The van der Waals surface area contributed by atoms with E-state index in [0.29, 0.717) is 6.54 Å². The maximum absolute atomic E-state index is 12.8. The van der Waals surface area contributed by atoms with E-state index >= 15 is 0 Å². The number of aromatic nitrogens is 1. The van der Waals surface area contributed by atoms with Crippen LogP contribution < -0.4 is 10.0 Å². The lowest BCUT2D eigenvalue weighted by atomic mass is 10.3. The summed E-state index contributed by atoms with van der Waals surface area (Å²) in [6, 6.07) is 8.09. The van der Waals surface area contributed by atoms with Gasteiger partial charge in [-0.25, -0.2) is 17.8 Å². The van der Waals surface area contributed by atoms with E-state index in [1.54, 1.807) is 6.07 Å². The van der Waals surface area contributed by atoms with Crippen LogP contribution in [0.5, 0.6) is 0 Å². The number of sulfonamides is 1. The molecule has 20 heavy (non-hydrogen) atoms. The SMILES string of the molecule is CCNc1ncccc1S(=O)(=O)Nc1ccc(F)cc1. The number of nitrogens with zero attached hydrogens (tertiary/aromatic N) is 1. The van der Waals surface area contributed by atoms with E-state index in [4.69, 9.17) is 0 Å². The van der Waals surface area contributed by atoms with Crippen molar-refractivity contribution in [3.8, 4) is 0 Å². The second kappa shape index (κ2) is 5.87. The molecule has 0 saturated heterocycles. The highest BCUT2D eigenvalue weighted by atomic mass is 32.2. The summed E-state index contributed by atoms with van der Waals surface area (Å²) in [6.45, 7) is 2.40. The number of pyridine rings is 1. The van der Waals surface area contributed by atoms with Gasteiger partial charge in [0.15, 0.2) is 0 Å². The minimum atomic E-state index is -3.78. The highest BCUT2D eigenvalue weighted by Gasteiger charge is 2.19. The van der Waals surface area contributed by atoms with Crippen LogP contribution in [0.1, 0.15) is 6.92 Å². The smallest absolute Gasteiger partial charge is 0.265 e. The van der Waals surface area contributed by atoms with Crippen molar-refractivity contribution in [2.45, 2.75) is 11.8 Å². The average molecular weight is 295 g/mol. The molecule has 0 aliphatic heterocycles. The fourth-order valence-corrected chi connectivity index (χ4v) is 2.83. The third kappa shape index (κ3) is 3.24. The summed E-state index contributed by atoms with van der Waals surface area (Å²) in [4.78, 5) is 4.05. The molecule has 0 fully saturated rings. The molecule has 2 aromatic rings. The van der Waals surface area contributed by atoms with Crippen LogP contribution in [0.4, 0.5) is 15.9 Å². The summed E-state index contributed by atoms with van der Waals surface area (Å²) in [7, 11) is -3.78. The molecule has 0 radical (unpaired) electrons. The Bertz CT molecular complexity index is 687. The summed E-state index contributed by atoms with van der Waals surface area (Å²) in [5.41, 5.74) is 0.290. The topological polar surface area (TPSA) is 71.1 Å². The molecule has 0 bridgehead atoms. The van der Waals surface area contributed by atoms with Gasteiger partial charge in [0, 0.05) is 18.4 Å². The van der Waals surface area contributed by atoms with E-state index < -0.39 is 15.8 Å². The normalized spacial score (nSPS) is 11.1. The molecule has 2 rings (SSSR count). The first-order valence-corrected chi connectivity index (χ1v) is 7.48. The van der Waals surface area contributed by atoms with Crippen molar-refractivity contribution in [2.24, 2.45) is 0 Å². The summed E-state index contributed by atoms with van der Waals surface area (Å²) in [6.07, 6.45) is 1.51. The first-order chi connectivity index (χ1) is 9.53. The highest BCUT2D eigenvalue weighted by molar-refractivity contribution is 7.92. The monoisotopic (exact) mass is 295 g/mol. The molecule has 1 aromatic heterocycles. The van der Waals surface area contributed by atoms with Gasteiger partial charge in [0.25, 0.3) is 10.0 Å². The van der Waals surface area contributed by atoms with Gasteiger partial charge in [0.05, 0.1) is 0 Å². The van der Waals surface area contributed by atoms with Gasteiger partial charge in [-0.15, -0.1) is 0 Å². The van der Waals surface area contributed by atoms with Gasteiger partial charge in [0.2, 0.25) is 0 Å². The molecular weight excluding hydrogens is 281 g/mol. The zero-order chi connectivity index (χ0) is 14.6. The molecular formula is C13H14FN3O2S. The van der Waals surface area contributed by atoms with Gasteiger partial charge in [-0.1, -0.05) is 0 Å². The number of hydrogen-bond donors (Lipinski definition) is 2. The second-order valence-corrected chi connectivity index (χ2v) is 5.64. The lowest BCUT2D eigenvalue weighted by molar-refractivity contribution is 0.601. The molecule has 0 amide bonds. The van der Waals surface area contributed by atoms with Crippen molar-refractivity contribution in [3.05, 3.63) is 48.4 Å². The minimum Gasteiger partial charge on any atom is -0.369 e. The number of benzene rings is 1. The van der Waals surface area contributed by atoms with Crippen LogP contribution in [-0.2, 0) is 10.0 Å². The molecule has 0 aliphatic carbocycles. The lowest BCUT2D eigenvalue weighted by Gasteiger charge is -2.11. The Hall–Kier alpha value is -2.15. The fourth-order valence-electron chi connectivity index (χ4n) is 1.64. The van der Waals surface area contributed by atoms with Crippen LogP contribution in [0.25, 0.3) is 0 Å². The number of hydrogen-bond acceptors (Lipinski definition) is 4. The summed E-state index contributed by atoms with van der Waals surface area (Å²) in [5.74, 6) is -0.146. The molecule has 1 heterocycles. The third-order valence-electron chi connectivity index (χ3n) is 2.50. The molecule has 106 valence electrons. The Labute approximate surface area is 116 Å².